The highest BCUT2D eigenvalue weighted by molar-refractivity contribution is 8.05. The van der Waals surface area contributed by atoms with Gasteiger partial charge in [0, 0.05) is 10.5 Å². The number of hydrogen-bond donors (Lipinski definition) is 0. The van der Waals surface area contributed by atoms with Gasteiger partial charge in [-0.2, -0.15) is 0 Å². The molecule has 0 bridgehead atoms. The summed E-state index contributed by atoms with van der Waals surface area (Å²) in [5.74, 6) is 9.19. The molecule has 200 valence electrons. The fraction of sp³-hybridized carbons (Fsp3) is 0.879. The molecule has 0 saturated heterocycles. The van der Waals surface area contributed by atoms with Crippen LogP contribution in [-0.4, -0.2) is 18.6 Å². The molecule has 5 fully saturated rings. The molecule has 0 aromatic carbocycles. The van der Waals surface area contributed by atoms with E-state index in [1.54, 1.807) is 61.2 Å². The van der Waals surface area contributed by atoms with Crippen LogP contribution in [0.5, 0.6) is 0 Å². The van der Waals surface area contributed by atoms with E-state index in [-0.39, 0.29) is 0 Å². The van der Waals surface area contributed by atoms with E-state index < -0.39 is 8.07 Å². The topological polar surface area (TPSA) is 0 Å². The van der Waals surface area contributed by atoms with Crippen molar-refractivity contribution < 1.29 is 0 Å². The van der Waals surface area contributed by atoms with Crippen molar-refractivity contribution in [3.63, 3.8) is 0 Å². The summed E-state index contributed by atoms with van der Waals surface area (Å²) < 4.78 is 0. The first kappa shape index (κ1) is 25.4. The maximum atomic E-state index is 2.90. The first-order chi connectivity index (χ1) is 17.3. The first-order valence-electron chi connectivity index (χ1n) is 16.0. The molecule has 11 atom stereocenters. The van der Waals surface area contributed by atoms with E-state index in [0.717, 1.165) is 74.8 Å². The Morgan fingerprint density at radius 3 is 1.92 bits per heavy atom. The summed E-state index contributed by atoms with van der Waals surface area (Å²) >= 11 is 4.61. The van der Waals surface area contributed by atoms with Gasteiger partial charge in [-0.1, -0.05) is 64.3 Å². The van der Waals surface area contributed by atoms with Crippen molar-refractivity contribution in [3.05, 3.63) is 22.0 Å². The molecule has 0 spiro atoms. The summed E-state index contributed by atoms with van der Waals surface area (Å²) in [5.41, 5.74) is 2.07. The molecule has 0 nitrogen and oxygen atoms in total. The van der Waals surface area contributed by atoms with Gasteiger partial charge in [0.25, 0.3) is 0 Å². The molecule has 2 heterocycles. The minimum Gasteiger partial charge on any atom is -0.127 e. The molecular weight excluding hydrogens is 489 g/mol. The monoisotopic (exact) mass is 540 g/mol. The zero-order valence-corrected chi connectivity index (χ0v) is 26.4. The second kappa shape index (κ2) is 9.50. The van der Waals surface area contributed by atoms with Crippen LogP contribution < -0.4 is 0 Å². The normalized spacial score (nSPS) is 50.8. The van der Waals surface area contributed by atoms with Gasteiger partial charge in [0.1, 0.15) is 0 Å². The van der Waals surface area contributed by atoms with Crippen LogP contribution in [0.4, 0.5) is 0 Å². The van der Waals surface area contributed by atoms with Gasteiger partial charge in [-0.15, -0.1) is 23.5 Å². The van der Waals surface area contributed by atoms with Crippen LogP contribution in [0.1, 0.15) is 91.4 Å². The second-order valence-electron chi connectivity index (χ2n) is 15.3. The number of rotatable bonds is 3. The Morgan fingerprint density at radius 2 is 1.25 bits per heavy atom. The van der Waals surface area contributed by atoms with Gasteiger partial charge in [-0.3, -0.25) is 0 Å². The molecule has 0 aromatic rings. The van der Waals surface area contributed by atoms with Crippen molar-refractivity contribution in [2.75, 3.05) is 0 Å². The minimum atomic E-state index is -1.45. The third-order valence-corrected chi connectivity index (χ3v) is 21.6. The third-order valence-electron chi connectivity index (χ3n) is 13.2. The van der Waals surface area contributed by atoms with Gasteiger partial charge in [0.2, 0.25) is 0 Å². The summed E-state index contributed by atoms with van der Waals surface area (Å²) in [7, 11) is -1.45. The molecule has 36 heavy (non-hydrogen) atoms. The quantitative estimate of drug-likeness (QED) is 0.326. The summed E-state index contributed by atoms with van der Waals surface area (Å²) in [6.45, 7) is 13.4. The van der Waals surface area contributed by atoms with Crippen LogP contribution in [0.15, 0.2) is 22.0 Å². The van der Waals surface area contributed by atoms with Crippen LogP contribution in [0.2, 0.25) is 24.2 Å². The van der Waals surface area contributed by atoms with Gasteiger partial charge in [0.05, 0.1) is 8.07 Å². The average molecular weight is 541 g/mol. The lowest BCUT2D eigenvalue weighted by molar-refractivity contribution is 0.0254. The molecule has 0 aromatic heterocycles. The van der Waals surface area contributed by atoms with E-state index in [9.17, 15) is 0 Å². The van der Waals surface area contributed by atoms with Gasteiger partial charge < -0.3 is 0 Å². The molecule has 5 saturated carbocycles. The van der Waals surface area contributed by atoms with Crippen molar-refractivity contribution in [2.45, 2.75) is 126 Å². The van der Waals surface area contributed by atoms with E-state index in [1.165, 1.54) is 19.3 Å². The van der Waals surface area contributed by atoms with Crippen LogP contribution in [0.25, 0.3) is 0 Å². The number of fused-ring (bicyclic) bond motifs is 6. The van der Waals surface area contributed by atoms with Crippen LogP contribution in [0.3, 0.4) is 0 Å². The van der Waals surface area contributed by atoms with Gasteiger partial charge in [-0.25, -0.2) is 0 Å². The van der Waals surface area contributed by atoms with Gasteiger partial charge in [0.15, 0.2) is 0 Å². The largest absolute Gasteiger partial charge is 0.127 e. The van der Waals surface area contributed by atoms with E-state index in [2.05, 4.69) is 69.5 Å². The lowest BCUT2D eigenvalue weighted by Gasteiger charge is -2.51. The van der Waals surface area contributed by atoms with Crippen LogP contribution in [0, 0.1) is 53.3 Å². The standard InChI is InChI=1S/C33H52S2Si/c1-19-15-27-25(14-13-23-11-12-24(18-26(23)27)22-9-7-6-8-10-22)32(19)36(4,5)33-30-28(16-20(2)34-30)29-17-21(3)35-31(29)33/h16-17,19,22-33H,6-15,18H2,1-5H3. The summed E-state index contributed by atoms with van der Waals surface area (Å²) in [5, 5.41) is 1.79. The fourth-order valence-corrected chi connectivity index (χ4v) is 23.3. The number of thioether (sulfide) groups is 2. The Bertz CT molecular complexity index is 883. The lowest BCUT2D eigenvalue weighted by Crippen LogP contribution is -2.49. The number of hydrogen-bond acceptors (Lipinski definition) is 2. The summed E-state index contributed by atoms with van der Waals surface area (Å²) in [6, 6.07) is 0. The Labute approximate surface area is 232 Å². The molecule has 7 aliphatic rings. The van der Waals surface area contributed by atoms with Crippen molar-refractivity contribution >= 4 is 31.6 Å². The Morgan fingerprint density at radius 1 is 0.639 bits per heavy atom. The summed E-state index contributed by atoms with van der Waals surface area (Å²) in [6.07, 6.45) is 22.7. The molecule has 2 aliphatic heterocycles. The Hall–Kier alpha value is 0.397. The predicted octanol–water partition coefficient (Wildman–Crippen LogP) is 10.4. The van der Waals surface area contributed by atoms with Crippen molar-refractivity contribution in [2.24, 2.45) is 53.3 Å². The van der Waals surface area contributed by atoms with Crippen LogP contribution in [-0.2, 0) is 0 Å². The maximum absolute atomic E-state index is 2.90. The van der Waals surface area contributed by atoms with E-state index in [4.69, 9.17) is 0 Å². The van der Waals surface area contributed by atoms with Crippen molar-refractivity contribution in [3.8, 4) is 0 Å². The van der Waals surface area contributed by atoms with Gasteiger partial charge in [-0.05, 0) is 127 Å². The molecule has 0 amide bonds. The zero-order valence-electron chi connectivity index (χ0n) is 23.8. The molecule has 0 N–H and O–H groups in total. The molecule has 3 heteroatoms. The van der Waals surface area contributed by atoms with E-state index >= 15 is 0 Å². The van der Waals surface area contributed by atoms with E-state index in [0.29, 0.717) is 0 Å². The smallest absolute Gasteiger partial charge is 0.0566 e. The second-order valence-corrected chi connectivity index (χ2v) is 23.1. The third kappa shape index (κ3) is 3.96. The highest BCUT2D eigenvalue weighted by atomic mass is 32.2. The Balaban J connectivity index is 1.14. The van der Waals surface area contributed by atoms with Crippen molar-refractivity contribution in [1.82, 2.24) is 0 Å². The predicted molar refractivity (Wildman–Crippen MR) is 163 cm³/mol. The molecule has 0 radical (unpaired) electrons. The maximum Gasteiger partial charge on any atom is 0.0566 e. The molecule has 7 rings (SSSR count). The highest BCUT2D eigenvalue weighted by Crippen LogP contribution is 2.70. The fourth-order valence-electron chi connectivity index (χ4n) is 12.2. The Kier molecular flexibility index (Phi) is 6.69. The first-order valence-corrected chi connectivity index (χ1v) is 20.9. The average Bonchev–Trinajstić information content (AvgIpc) is 3.57. The van der Waals surface area contributed by atoms with E-state index in [1.807, 2.05) is 0 Å². The van der Waals surface area contributed by atoms with Crippen molar-refractivity contribution in [1.29, 1.82) is 0 Å². The van der Waals surface area contributed by atoms with Gasteiger partial charge >= 0.3 is 0 Å². The summed E-state index contributed by atoms with van der Waals surface area (Å²) in [4.78, 5) is 3.27. The zero-order chi connectivity index (χ0) is 24.8. The molecule has 11 unspecified atom stereocenters. The highest BCUT2D eigenvalue weighted by Gasteiger charge is 2.63. The number of allylic oxidation sites excluding steroid dienone is 4. The SMILES string of the molecule is CC1=CC2C3C=C(C)SC3C([Si](C)(C)C3C(C)CC4C5CC(C6CCCCC6)CCC5CCC43)C2S1. The molecule has 5 aliphatic carbocycles. The van der Waals surface area contributed by atoms with Crippen LogP contribution >= 0.6 is 23.5 Å². The molecular formula is C33H52S2Si. The lowest BCUT2D eigenvalue weighted by atomic mass is 9.58. The minimum absolute atomic E-state index is 0.833.